The van der Waals surface area contributed by atoms with E-state index in [2.05, 4.69) is 19.1 Å². The summed E-state index contributed by atoms with van der Waals surface area (Å²) in [6.07, 6.45) is 3.92. The van der Waals surface area contributed by atoms with E-state index in [1.54, 1.807) is 11.3 Å². The molecule has 1 heterocycles. The van der Waals surface area contributed by atoms with Crippen molar-refractivity contribution < 1.29 is 5.11 Å². The van der Waals surface area contributed by atoms with E-state index in [9.17, 15) is 5.11 Å². The maximum atomic E-state index is 10.2. The fourth-order valence-electron chi connectivity index (χ4n) is 2.06. The van der Waals surface area contributed by atoms with Crippen LogP contribution in [0.4, 0.5) is 0 Å². The third kappa shape index (κ3) is 1.88. The lowest BCUT2D eigenvalue weighted by molar-refractivity contribution is 0.510. The van der Waals surface area contributed by atoms with Gasteiger partial charge in [-0.2, -0.15) is 0 Å². The molecule has 1 aliphatic rings. The zero-order valence-electron chi connectivity index (χ0n) is 9.77. The second-order valence-corrected chi connectivity index (χ2v) is 5.97. The highest BCUT2D eigenvalue weighted by atomic mass is 35.5. The number of rotatable bonds is 1. The lowest BCUT2D eigenvalue weighted by Crippen LogP contribution is -2.23. The van der Waals surface area contributed by atoms with Crippen molar-refractivity contribution >= 4 is 40.8 Å². The zero-order valence-corrected chi connectivity index (χ0v) is 11.3. The molecule has 0 bridgehead atoms. The molecule has 3 rings (SSSR count). The minimum atomic E-state index is 0.304. The first kappa shape index (κ1) is 11.6. The predicted octanol–water partition coefficient (Wildman–Crippen LogP) is 3.25. The van der Waals surface area contributed by atoms with E-state index < -0.39 is 0 Å². The lowest BCUT2D eigenvalue weighted by atomic mass is 10.2. The van der Waals surface area contributed by atoms with Crippen LogP contribution in [0.1, 0.15) is 9.75 Å². The van der Waals surface area contributed by atoms with Gasteiger partial charge in [0.1, 0.15) is 5.76 Å². The van der Waals surface area contributed by atoms with Crippen LogP contribution in [0, 0.1) is 6.92 Å². The van der Waals surface area contributed by atoms with Gasteiger partial charge in [0.05, 0.1) is 0 Å². The molecule has 1 N–H and O–H groups in total. The second-order valence-electron chi connectivity index (χ2n) is 4.24. The summed E-state index contributed by atoms with van der Waals surface area (Å²) < 4.78 is 0. The molecule has 0 saturated carbocycles. The van der Waals surface area contributed by atoms with Crippen LogP contribution in [-0.2, 0) is 0 Å². The minimum absolute atomic E-state index is 0.304. The molecule has 0 unspecified atom stereocenters. The Kier molecular flexibility index (Phi) is 2.77. The first-order valence-electron chi connectivity index (χ1n) is 5.63. The van der Waals surface area contributed by atoms with E-state index in [4.69, 9.17) is 11.6 Å². The molecule has 0 radical (unpaired) electrons. The number of hydrogen-bond donors (Lipinski definition) is 1. The SMILES string of the molecule is Cc1ccc(/C=C2/C=c3c(Cl)cccc3=C2O)s1. The molecule has 1 aromatic carbocycles. The van der Waals surface area contributed by atoms with Crippen molar-refractivity contribution in [2.45, 2.75) is 6.92 Å². The van der Waals surface area contributed by atoms with Gasteiger partial charge in [0, 0.05) is 30.8 Å². The summed E-state index contributed by atoms with van der Waals surface area (Å²) in [4.78, 5) is 2.39. The van der Waals surface area contributed by atoms with Crippen LogP contribution in [0.2, 0.25) is 5.02 Å². The van der Waals surface area contributed by atoms with Gasteiger partial charge in [-0.1, -0.05) is 23.7 Å². The standard InChI is InChI=1S/C15H11ClOS/c1-9-5-6-11(18-9)7-10-8-13-12(15(10)17)3-2-4-14(13)16/h2-8,17H,1H3/b10-7-. The van der Waals surface area contributed by atoms with Crippen molar-refractivity contribution in [3.63, 3.8) is 0 Å². The third-order valence-corrected chi connectivity index (χ3v) is 4.22. The highest BCUT2D eigenvalue weighted by Gasteiger charge is 2.11. The van der Waals surface area contributed by atoms with Gasteiger partial charge in [0.15, 0.2) is 0 Å². The molecule has 0 saturated heterocycles. The Hall–Kier alpha value is -1.51. The first-order valence-corrected chi connectivity index (χ1v) is 6.82. The van der Waals surface area contributed by atoms with Gasteiger partial charge in [-0.05, 0) is 37.3 Å². The van der Waals surface area contributed by atoms with Crippen molar-refractivity contribution in [2.75, 3.05) is 0 Å². The van der Waals surface area contributed by atoms with Crippen molar-refractivity contribution in [3.8, 4) is 0 Å². The van der Waals surface area contributed by atoms with E-state index in [-0.39, 0.29) is 0 Å². The lowest BCUT2D eigenvalue weighted by Gasteiger charge is -1.95. The molecule has 0 amide bonds. The van der Waals surface area contributed by atoms with Gasteiger partial charge >= 0.3 is 0 Å². The average Bonchev–Trinajstić information content (AvgIpc) is 2.88. The molecule has 1 aromatic heterocycles. The summed E-state index contributed by atoms with van der Waals surface area (Å²) in [5.74, 6) is 0.304. The largest absolute Gasteiger partial charge is 0.507 e. The summed E-state index contributed by atoms with van der Waals surface area (Å²) in [6.45, 7) is 2.07. The van der Waals surface area contributed by atoms with Crippen molar-refractivity contribution in [1.82, 2.24) is 0 Å². The zero-order chi connectivity index (χ0) is 12.7. The Morgan fingerprint density at radius 3 is 2.72 bits per heavy atom. The number of hydrogen-bond acceptors (Lipinski definition) is 2. The highest BCUT2D eigenvalue weighted by Crippen LogP contribution is 2.22. The minimum Gasteiger partial charge on any atom is -0.507 e. The third-order valence-electron chi connectivity index (χ3n) is 2.94. The highest BCUT2D eigenvalue weighted by molar-refractivity contribution is 7.12. The van der Waals surface area contributed by atoms with Crippen molar-refractivity contribution in [1.29, 1.82) is 0 Å². The summed E-state index contributed by atoms with van der Waals surface area (Å²) in [7, 11) is 0. The van der Waals surface area contributed by atoms with E-state index in [1.165, 1.54) is 4.88 Å². The normalized spacial score (nSPS) is 15.9. The van der Waals surface area contributed by atoms with Crippen LogP contribution in [0.5, 0.6) is 0 Å². The first-order chi connectivity index (χ1) is 8.65. The van der Waals surface area contributed by atoms with Crippen LogP contribution in [0.25, 0.3) is 17.9 Å². The molecular formula is C15H11ClOS. The van der Waals surface area contributed by atoms with Crippen LogP contribution >= 0.6 is 22.9 Å². The molecule has 0 fully saturated rings. The Labute approximate surface area is 114 Å². The Morgan fingerprint density at radius 2 is 2.06 bits per heavy atom. The Balaban J connectivity index is 2.19. The van der Waals surface area contributed by atoms with E-state index in [1.807, 2.05) is 30.4 Å². The van der Waals surface area contributed by atoms with Gasteiger partial charge in [-0.3, -0.25) is 0 Å². The van der Waals surface area contributed by atoms with Gasteiger partial charge in [-0.15, -0.1) is 11.3 Å². The fraction of sp³-hybridized carbons (Fsp3) is 0.0667. The molecule has 2 aromatic rings. The molecular weight excluding hydrogens is 264 g/mol. The molecule has 18 heavy (non-hydrogen) atoms. The molecule has 3 heteroatoms. The van der Waals surface area contributed by atoms with Crippen LogP contribution < -0.4 is 10.4 Å². The number of aliphatic hydroxyl groups excluding tert-OH is 1. The molecule has 1 aliphatic carbocycles. The maximum Gasteiger partial charge on any atom is 0.130 e. The van der Waals surface area contributed by atoms with E-state index >= 15 is 0 Å². The number of aliphatic hydroxyl groups is 1. The summed E-state index contributed by atoms with van der Waals surface area (Å²) in [5, 5.41) is 12.6. The van der Waals surface area contributed by atoms with Crippen molar-refractivity contribution in [2.24, 2.45) is 0 Å². The molecule has 0 aliphatic heterocycles. The summed E-state index contributed by atoms with van der Waals surface area (Å²) in [6, 6.07) is 9.70. The Morgan fingerprint density at radius 1 is 1.22 bits per heavy atom. The van der Waals surface area contributed by atoms with E-state index in [0.29, 0.717) is 10.8 Å². The maximum absolute atomic E-state index is 10.2. The average molecular weight is 275 g/mol. The topological polar surface area (TPSA) is 20.2 Å². The van der Waals surface area contributed by atoms with Crippen LogP contribution in [-0.4, -0.2) is 5.11 Å². The Bertz CT molecular complexity index is 768. The second kappa shape index (κ2) is 4.30. The molecule has 0 atom stereocenters. The number of halogens is 1. The summed E-state index contributed by atoms with van der Waals surface area (Å²) >= 11 is 7.83. The van der Waals surface area contributed by atoms with E-state index in [0.717, 1.165) is 20.9 Å². The molecule has 90 valence electrons. The monoisotopic (exact) mass is 274 g/mol. The summed E-state index contributed by atoms with van der Waals surface area (Å²) in [5.41, 5.74) is 0.819. The quantitative estimate of drug-likeness (QED) is 0.846. The predicted molar refractivity (Wildman–Crippen MR) is 78.2 cm³/mol. The number of thiophene rings is 1. The fourth-order valence-corrected chi connectivity index (χ4v) is 3.12. The molecule has 1 nitrogen and oxygen atoms in total. The van der Waals surface area contributed by atoms with Gasteiger partial charge in [0.25, 0.3) is 0 Å². The van der Waals surface area contributed by atoms with Crippen LogP contribution in [0.3, 0.4) is 0 Å². The van der Waals surface area contributed by atoms with Gasteiger partial charge in [0.2, 0.25) is 0 Å². The van der Waals surface area contributed by atoms with Gasteiger partial charge in [-0.25, -0.2) is 0 Å². The number of fused-ring (bicyclic) bond motifs is 1. The van der Waals surface area contributed by atoms with Crippen LogP contribution in [0.15, 0.2) is 35.9 Å². The smallest absolute Gasteiger partial charge is 0.130 e. The number of aryl methyl sites for hydroxylation is 1. The van der Waals surface area contributed by atoms with Gasteiger partial charge < -0.3 is 5.11 Å². The number of benzene rings is 1. The molecule has 0 spiro atoms. The van der Waals surface area contributed by atoms with Crippen molar-refractivity contribution in [3.05, 3.63) is 61.1 Å².